The molecule has 2 unspecified atom stereocenters. The number of amidine groups is 1. The lowest BCUT2D eigenvalue weighted by Crippen LogP contribution is -2.38. The third kappa shape index (κ3) is 2.79. The fraction of sp³-hybridized carbons (Fsp3) is 0.875. The lowest BCUT2D eigenvalue weighted by Gasteiger charge is -2.20. The van der Waals surface area contributed by atoms with Crippen LogP contribution in [0.1, 0.15) is 6.42 Å². The summed E-state index contributed by atoms with van der Waals surface area (Å²) in [6, 6.07) is 0. The van der Waals surface area contributed by atoms with Crippen LogP contribution >= 0.6 is 23.5 Å². The SMILES string of the molecule is OC1CN=C(SC2CCSC2)NC1. The molecule has 0 aliphatic carbocycles. The van der Waals surface area contributed by atoms with E-state index in [1.54, 1.807) is 0 Å². The predicted octanol–water partition coefficient (Wildman–Crippen LogP) is 0.545. The fourth-order valence-corrected chi connectivity index (χ4v) is 3.98. The molecule has 0 aromatic heterocycles. The highest BCUT2D eigenvalue weighted by atomic mass is 32.2. The van der Waals surface area contributed by atoms with Gasteiger partial charge in [-0.15, -0.1) is 0 Å². The number of hydrogen-bond acceptors (Lipinski definition) is 5. The number of rotatable bonds is 1. The normalized spacial score (nSPS) is 34.1. The Labute approximate surface area is 86.8 Å². The molecule has 13 heavy (non-hydrogen) atoms. The van der Waals surface area contributed by atoms with Gasteiger partial charge < -0.3 is 10.4 Å². The molecule has 0 saturated carbocycles. The van der Waals surface area contributed by atoms with Gasteiger partial charge in [0, 0.05) is 17.5 Å². The Bertz CT molecular complexity index is 204. The summed E-state index contributed by atoms with van der Waals surface area (Å²) in [5.74, 6) is 2.53. The summed E-state index contributed by atoms with van der Waals surface area (Å²) in [6.07, 6.45) is 1.00. The van der Waals surface area contributed by atoms with Crippen molar-refractivity contribution in [1.29, 1.82) is 0 Å². The smallest absolute Gasteiger partial charge is 0.157 e. The van der Waals surface area contributed by atoms with E-state index in [0.29, 0.717) is 13.1 Å². The van der Waals surface area contributed by atoms with Crippen LogP contribution in [0.2, 0.25) is 0 Å². The highest BCUT2D eigenvalue weighted by molar-refractivity contribution is 8.15. The fourth-order valence-electron chi connectivity index (χ4n) is 1.36. The van der Waals surface area contributed by atoms with Gasteiger partial charge in [-0.25, -0.2) is 0 Å². The highest BCUT2D eigenvalue weighted by Gasteiger charge is 2.20. The Hall–Kier alpha value is 0.130. The van der Waals surface area contributed by atoms with Gasteiger partial charge in [-0.05, 0) is 12.2 Å². The molecule has 2 aliphatic rings. The summed E-state index contributed by atoms with van der Waals surface area (Å²) in [7, 11) is 0. The average Bonchev–Trinajstić information content (AvgIpc) is 2.62. The molecule has 5 heteroatoms. The first-order chi connectivity index (χ1) is 6.34. The van der Waals surface area contributed by atoms with E-state index in [1.165, 1.54) is 17.9 Å². The van der Waals surface area contributed by atoms with Gasteiger partial charge in [-0.3, -0.25) is 4.99 Å². The van der Waals surface area contributed by atoms with Gasteiger partial charge in [0.05, 0.1) is 12.6 Å². The van der Waals surface area contributed by atoms with E-state index in [9.17, 15) is 5.11 Å². The largest absolute Gasteiger partial charge is 0.389 e. The van der Waals surface area contributed by atoms with Crippen molar-refractivity contribution in [1.82, 2.24) is 5.32 Å². The molecule has 74 valence electrons. The lowest BCUT2D eigenvalue weighted by molar-refractivity contribution is 0.182. The number of nitrogens with zero attached hydrogens (tertiary/aromatic N) is 1. The molecule has 2 N–H and O–H groups in total. The van der Waals surface area contributed by atoms with Crippen molar-refractivity contribution < 1.29 is 5.11 Å². The number of nitrogens with one attached hydrogen (secondary N) is 1. The van der Waals surface area contributed by atoms with Gasteiger partial charge in [0.15, 0.2) is 5.17 Å². The van der Waals surface area contributed by atoms with Crippen LogP contribution in [0.15, 0.2) is 4.99 Å². The zero-order chi connectivity index (χ0) is 9.10. The molecule has 0 amide bonds. The van der Waals surface area contributed by atoms with Crippen molar-refractivity contribution in [2.24, 2.45) is 4.99 Å². The van der Waals surface area contributed by atoms with Crippen LogP contribution in [0.3, 0.4) is 0 Å². The molecule has 2 atom stereocenters. The van der Waals surface area contributed by atoms with Crippen molar-refractivity contribution in [3.8, 4) is 0 Å². The van der Waals surface area contributed by atoms with Crippen LogP contribution in [0, 0.1) is 0 Å². The van der Waals surface area contributed by atoms with Crippen LogP contribution in [-0.2, 0) is 0 Å². The second kappa shape index (κ2) is 4.57. The number of β-amino-alcohol motifs (C(OH)–C–C–N with tert-alkyl or cyclic N) is 1. The van der Waals surface area contributed by atoms with Gasteiger partial charge in [0.2, 0.25) is 0 Å². The van der Waals surface area contributed by atoms with Gasteiger partial charge in [-0.2, -0.15) is 11.8 Å². The Morgan fingerprint density at radius 3 is 3.15 bits per heavy atom. The molecule has 0 radical (unpaired) electrons. The lowest BCUT2D eigenvalue weighted by atomic mass is 10.3. The minimum absolute atomic E-state index is 0.290. The Balaban J connectivity index is 1.80. The molecule has 0 bridgehead atoms. The van der Waals surface area contributed by atoms with Gasteiger partial charge in [0.1, 0.15) is 0 Å². The third-order valence-corrected chi connectivity index (χ3v) is 4.71. The van der Waals surface area contributed by atoms with E-state index in [1.807, 2.05) is 23.5 Å². The molecule has 0 aromatic rings. The zero-order valence-corrected chi connectivity index (χ0v) is 9.03. The maximum Gasteiger partial charge on any atom is 0.157 e. The summed E-state index contributed by atoms with van der Waals surface area (Å²) >= 11 is 3.86. The Kier molecular flexibility index (Phi) is 3.40. The molecule has 3 nitrogen and oxygen atoms in total. The number of aliphatic imine (C=N–C) groups is 1. The average molecular weight is 218 g/mol. The first-order valence-corrected chi connectivity index (χ1v) is 6.59. The first kappa shape index (κ1) is 9.68. The van der Waals surface area contributed by atoms with E-state index in [0.717, 1.165) is 10.4 Å². The van der Waals surface area contributed by atoms with Crippen LogP contribution < -0.4 is 5.32 Å². The van der Waals surface area contributed by atoms with Gasteiger partial charge in [0.25, 0.3) is 0 Å². The van der Waals surface area contributed by atoms with Crippen LogP contribution in [0.4, 0.5) is 0 Å². The standard InChI is InChI=1S/C8H14N2OS2/c11-6-3-9-8(10-4-6)13-7-1-2-12-5-7/h6-7,11H,1-5H2,(H,9,10). The second-order valence-electron chi connectivity index (χ2n) is 3.28. The third-order valence-electron chi connectivity index (χ3n) is 2.10. The molecule has 2 aliphatic heterocycles. The molecule has 0 spiro atoms. The molecule has 1 fully saturated rings. The predicted molar refractivity (Wildman–Crippen MR) is 59.6 cm³/mol. The maximum atomic E-state index is 9.20. The quantitative estimate of drug-likeness (QED) is 0.674. The van der Waals surface area contributed by atoms with Crippen molar-refractivity contribution in [3.63, 3.8) is 0 Å². The van der Waals surface area contributed by atoms with Crippen molar-refractivity contribution in [2.45, 2.75) is 17.8 Å². The highest BCUT2D eigenvalue weighted by Crippen LogP contribution is 2.28. The van der Waals surface area contributed by atoms with Crippen molar-refractivity contribution in [2.75, 3.05) is 24.6 Å². The minimum atomic E-state index is -0.290. The van der Waals surface area contributed by atoms with Crippen LogP contribution in [-0.4, -0.2) is 46.2 Å². The topological polar surface area (TPSA) is 44.6 Å². The molecular weight excluding hydrogens is 204 g/mol. The molecule has 0 aromatic carbocycles. The van der Waals surface area contributed by atoms with E-state index < -0.39 is 0 Å². The summed E-state index contributed by atoms with van der Waals surface area (Å²) in [4.78, 5) is 4.28. The summed E-state index contributed by atoms with van der Waals surface area (Å²) < 4.78 is 0. The number of aliphatic hydroxyl groups is 1. The Morgan fingerprint density at radius 2 is 2.54 bits per heavy atom. The van der Waals surface area contributed by atoms with E-state index in [4.69, 9.17) is 0 Å². The summed E-state index contributed by atoms with van der Waals surface area (Å²) in [6.45, 7) is 1.22. The van der Waals surface area contributed by atoms with Crippen molar-refractivity contribution in [3.05, 3.63) is 0 Å². The monoisotopic (exact) mass is 218 g/mol. The number of aliphatic hydroxyl groups excluding tert-OH is 1. The zero-order valence-electron chi connectivity index (χ0n) is 7.40. The van der Waals surface area contributed by atoms with E-state index in [-0.39, 0.29) is 6.10 Å². The maximum absolute atomic E-state index is 9.20. The molecule has 1 saturated heterocycles. The molecular formula is C8H14N2OS2. The Morgan fingerprint density at radius 1 is 1.62 bits per heavy atom. The number of thioether (sulfide) groups is 2. The van der Waals surface area contributed by atoms with Crippen LogP contribution in [0.25, 0.3) is 0 Å². The van der Waals surface area contributed by atoms with E-state index >= 15 is 0 Å². The van der Waals surface area contributed by atoms with Gasteiger partial charge in [-0.1, -0.05) is 11.8 Å². The first-order valence-electron chi connectivity index (χ1n) is 4.55. The summed E-state index contributed by atoms with van der Waals surface area (Å²) in [5.41, 5.74) is 0. The second-order valence-corrected chi connectivity index (χ2v) is 5.72. The van der Waals surface area contributed by atoms with Crippen LogP contribution in [0.5, 0.6) is 0 Å². The molecule has 2 heterocycles. The van der Waals surface area contributed by atoms with Crippen molar-refractivity contribution >= 4 is 28.7 Å². The minimum Gasteiger partial charge on any atom is -0.389 e. The number of hydrogen-bond donors (Lipinski definition) is 2. The molecule has 2 rings (SSSR count). The van der Waals surface area contributed by atoms with E-state index in [2.05, 4.69) is 10.3 Å². The summed E-state index contributed by atoms with van der Waals surface area (Å²) in [5, 5.41) is 14.1. The van der Waals surface area contributed by atoms with Gasteiger partial charge >= 0.3 is 0 Å².